The molecule has 0 spiro atoms. The molecule has 2 aromatic rings. The van der Waals surface area contributed by atoms with Gasteiger partial charge in [0.1, 0.15) is 5.69 Å². The van der Waals surface area contributed by atoms with Gasteiger partial charge in [-0.2, -0.15) is 13.2 Å². The van der Waals surface area contributed by atoms with Gasteiger partial charge in [-0.3, -0.25) is 14.9 Å². The van der Waals surface area contributed by atoms with Crippen LogP contribution in [0.25, 0.3) is 0 Å². The first kappa shape index (κ1) is 19.3. The topological polar surface area (TPSA) is 65.5 Å². The summed E-state index contributed by atoms with van der Waals surface area (Å²) in [5.74, 6) is -0.937. The van der Waals surface area contributed by atoms with E-state index in [1.807, 2.05) is 7.05 Å². The largest absolute Gasteiger partial charge is 0.416 e. The fourth-order valence-corrected chi connectivity index (χ4v) is 3.29. The van der Waals surface area contributed by atoms with E-state index in [-0.39, 0.29) is 22.3 Å². The molecule has 6 nitrogen and oxygen atoms in total. The summed E-state index contributed by atoms with van der Waals surface area (Å²) in [4.78, 5) is 32.5. The van der Waals surface area contributed by atoms with Gasteiger partial charge in [0, 0.05) is 37.1 Å². The molecule has 2 amide bonds. The highest BCUT2D eigenvalue weighted by Crippen LogP contribution is 2.29. The summed E-state index contributed by atoms with van der Waals surface area (Å²) in [7, 11) is 1.98. The number of likely N-dealkylation sites (N-methyl/N-ethyl adjacent to an activating group) is 1. The number of carbonyl (C=O) groups is 2. The van der Waals surface area contributed by atoms with Gasteiger partial charge in [-0.25, -0.2) is 4.98 Å². The van der Waals surface area contributed by atoms with E-state index in [2.05, 4.69) is 15.2 Å². The van der Waals surface area contributed by atoms with Crippen LogP contribution in [0.1, 0.15) is 26.4 Å². The van der Waals surface area contributed by atoms with Crippen LogP contribution in [0.2, 0.25) is 0 Å². The number of rotatable bonds is 3. The summed E-state index contributed by atoms with van der Waals surface area (Å²) in [5.41, 5.74) is -0.823. The van der Waals surface area contributed by atoms with Crippen molar-refractivity contribution in [1.29, 1.82) is 0 Å². The lowest BCUT2D eigenvalue weighted by Gasteiger charge is -2.31. The number of anilines is 1. The predicted octanol–water partition coefficient (Wildman–Crippen LogP) is 2.80. The zero-order valence-electron chi connectivity index (χ0n) is 14.4. The highest BCUT2D eigenvalue weighted by atomic mass is 32.1. The molecule has 27 heavy (non-hydrogen) atoms. The van der Waals surface area contributed by atoms with Gasteiger partial charge in [0.15, 0.2) is 5.13 Å². The third-order valence-corrected chi connectivity index (χ3v) is 4.94. The maximum atomic E-state index is 12.8. The van der Waals surface area contributed by atoms with Gasteiger partial charge in [-0.05, 0) is 25.2 Å². The number of aromatic nitrogens is 1. The summed E-state index contributed by atoms with van der Waals surface area (Å²) in [6, 6.07) is 4.13. The molecule has 0 bridgehead atoms. The molecule has 1 aliphatic rings. The average Bonchev–Trinajstić information content (AvgIpc) is 3.09. The van der Waals surface area contributed by atoms with Gasteiger partial charge in [0.25, 0.3) is 11.8 Å². The van der Waals surface area contributed by atoms with E-state index in [1.165, 1.54) is 17.5 Å². The summed E-state index contributed by atoms with van der Waals surface area (Å²) >= 11 is 1.05. The average molecular weight is 398 g/mol. The van der Waals surface area contributed by atoms with Crippen molar-refractivity contribution in [2.24, 2.45) is 0 Å². The van der Waals surface area contributed by atoms with E-state index in [9.17, 15) is 22.8 Å². The van der Waals surface area contributed by atoms with Crippen molar-refractivity contribution in [1.82, 2.24) is 14.8 Å². The molecule has 2 heterocycles. The molecule has 1 fully saturated rings. The number of alkyl halides is 3. The van der Waals surface area contributed by atoms with Gasteiger partial charge in [-0.1, -0.05) is 6.07 Å². The van der Waals surface area contributed by atoms with Crippen LogP contribution < -0.4 is 5.32 Å². The fraction of sp³-hybridized carbons (Fsp3) is 0.353. The summed E-state index contributed by atoms with van der Waals surface area (Å²) < 4.78 is 38.3. The minimum atomic E-state index is -4.53. The van der Waals surface area contributed by atoms with E-state index >= 15 is 0 Å². The molecular formula is C17H17F3N4O2S. The predicted molar refractivity (Wildman–Crippen MR) is 94.9 cm³/mol. The third kappa shape index (κ3) is 4.64. The Labute approximate surface area is 157 Å². The molecule has 0 radical (unpaired) electrons. The monoisotopic (exact) mass is 398 g/mol. The minimum absolute atomic E-state index is 0.132. The highest BCUT2D eigenvalue weighted by molar-refractivity contribution is 7.14. The van der Waals surface area contributed by atoms with Crippen LogP contribution in [-0.2, 0) is 6.18 Å². The van der Waals surface area contributed by atoms with Gasteiger partial charge in [0.2, 0.25) is 0 Å². The first-order valence-corrected chi connectivity index (χ1v) is 9.04. The Balaban J connectivity index is 1.67. The molecule has 144 valence electrons. The Hall–Kier alpha value is -2.46. The molecule has 0 unspecified atom stereocenters. The quantitative estimate of drug-likeness (QED) is 0.864. The Morgan fingerprint density at radius 3 is 2.56 bits per heavy atom. The van der Waals surface area contributed by atoms with Crippen molar-refractivity contribution in [3.63, 3.8) is 0 Å². The lowest BCUT2D eigenvalue weighted by Crippen LogP contribution is -2.47. The molecule has 1 aliphatic heterocycles. The smallest absolute Gasteiger partial charge is 0.335 e. The minimum Gasteiger partial charge on any atom is -0.335 e. The van der Waals surface area contributed by atoms with Crippen LogP contribution in [0.15, 0.2) is 29.6 Å². The second-order valence-corrected chi connectivity index (χ2v) is 7.02. The first-order chi connectivity index (χ1) is 12.7. The SMILES string of the molecule is CN1CCN(C(=O)c2csc(NC(=O)c3cccc(C(F)(F)F)c3)n2)CC1. The van der Waals surface area contributed by atoms with E-state index in [0.717, 1.165) is 36.6 Å². The summed E-state index contributed by atoms with van der Waals surface area (Å²) in [5, 5.41) is 4.14. The number of benzene rings is 1. The fourth-order valence-electron chi connectivity index (χ4n) is 2.61. The molecule has 1 aromatic heterocycles. The Kier molecular flexibility index (Phi) is 5.47. The number of nitrogens with zero attached hydrogens (tertiary/aromatic N) is 3. The zero-order chi connectivity index (χ0) is 19.6. The van der Waals surface area contributed by atoms with Crippen LogP contribution in [-0.4, -0.2) is 59.8 Å². The second kappa shape index (κ2) is 7.65. The lowest BCUT2D eigenvalue weighted by molar-refractivity contribution is -0.137. The van der Waals surface area contributed by atoms with Crippen LogP contribution in [0.4, 0.5) is 18.3 Å². The third-order valence-electron chi connectivity index (χ3n) is 4.19. The Morgan fingerprint density at radius 1 is 1.19 bits per heavy atom. The van der Waals surface area contributed by atoms with Crippen molar-refractivity contribution >= 4 is 28.3 Å². The van der Waals surface area contributed by atoms with Crippen molar-refractivity contribution in [3.8, 4) is 0 Å². The Morgan fingerprint density at radius 2 is 1.89 bits per heavy atom. The molecule has 0 atom stereocenters. The van der Waals surface area contributed by atoms with Gasteiger partial charge >= 0.3 is 6.18 Å². The maximum Gasteiger partial charge on any atom is 0.416 e. The molecule has 0 saturated carbocycles. The lowest BCUT2D eigenvalue weighted by atomic mass is 10.1. The molecular weight excluding hydrogens is 381 g/mol. The van der Waals surface area contributed by atoms with Crippen molar-refractivity contribution in [2.45, 2.75) is 6.18 Å². The van der Waals surface area contributed by atoms with Crippen LogP contribution in [0.5, 0.6) is 0 Å². The van der Waals surface area contributed by atoms with Crippen LogP contribution >= 0.6 is 11.3 Å². The second-order valence-electron chi connectivity index (χ2n) is 6.17. The standard InChI is InChI=1S/C17H17F3N4O2S/c1-23-5-7-24(8-6-23)15(26)13-10-27-16(21-13)22-14(25)11-3-2-4-12(9-11)17(18,19)20/h2-4,9-10H,5-8H2,1H3,(H,21,22,25). The van der Waals surface area contributed by atoms with E-state index in [4.69, 9.17) is 0 Å². The molecule has 10 heteroatoms. The van der Waals surface area contributed by atoms with Crippen molar-refractivity contribution in [2.75, 3.05) is 38.5 Å². The first-order valence-electron chi connectivity index (χ1n) is 8.16. The van der Waals surface area contributed by atoms with Gasteiger partial charge in [0.05, 0.1) is 5.56 Å². The van der Waals surface area contributed by atoms with E-state index in [0.29, 0.717) is 13.1 Å². The number of thiazole rings is 1. The van der Waals surface area contributed by atoms with E-state index < -0.39 is 17.6 Å². The zero-order valence-corrected chi connectivity index (χ0v) is 15.2. The van der Waals surface area contributed by atoms with E-state index in [1.54, 1.807) is 4.90 Å². The number of halogens is 3. The number of hydrogen-bond donors (Lipinski definition) is 1. The molecule has 3 rings (SSSR count). The number of amides is 2. The van der Waals surface area contributed by atoms with Crippen molar-refractivity contribution < 1.29 is 22.8 Å². The highest BCUT2D eigenvalue weighted by Gasteiger charge is 2.31. The number of carbonyl (C=O) groups excluding carboxylic acids is 2. The van der Waals surface area contributed by atoms with Gasteiger partial charge < -0.3 is 9.80 Å². The molecule has 1 N–H and O–H groups in total. The number of hydrogen-bond acceptors (Lipinski definition) is 5. The molecule has 1 saturated heterocycles. The molecule has 0 aliphatic carbocycles. The normalized spacial score (nSPS) is 15.6. The summed E-state index contributed by atoms with van der Waals surface area (Å²) in [6.45, 7) is 2.74. The maximum absolute atomic E-state index is 12.8. The Bertz CT molecular complexity index is 845. The molecule has 1 aromatic carbocycles. The summed E-state index contributed by atoms with van der Waals surface area (Å²) in [6.07, 6.45) is -4.53. The number of nitrogens with one attached hydrogen (secondary N) is 1. The number of piperazine rings is 1. The van der Waals surface area contributed by atoms with Crippen LogP contribution in [0.3, 0.4) is 0 Å². The van der Waals surface area contributed by atoms with Crippen molar-refractivity contribution in [3.05, 3.63) is 46.5 Å². The van der Waals surface area contributed by atoms with Gasteiger partial charge in [-0.15, -0.1) is 11.3 Å². The van der Waals surface area contributed by atoms with Crippen LogP contribution in [0, 0.1) is 0 Å².